The number of rotatable bonds is 4. The third-order valence-corrected chi connectivity index (χ3v) is 3.96. The molecule has 2 N–H and O–H groups in total. The highest BCUT2D eigenvalue weighted by molar-refractivity contribution is 5.74. The van der Waals surface area contributed by atoms with E-state index in [2.05, 4.69) is 15.2 Å². The van der Waals surface area contributed by atoms with Crippen LogP contribution in [0.2, 0.25) is 0 Å². The van der Waals surface area contributed by atoms with Crippen molar-refractivity contribution < 1.29 is 9.90 Å². The predicted molar refractivity (Wildman–Crippen MR) is 90.1 cm³/mol. The molecule has 0 radical (unpaired) electrons. The molecule has 0 bridgehead atoms. The van der Waals surface area contributed by atoms with Gasteiger partial charge in [0, 0.05) is 51.2 Å². The number of aryl methyl sites for hydroxylation is 1. The van der Waals surface area contributed by atoms with Gasteiger partial charge in [-0.05, 0) is 38.8 Å². The first-order chi connectivity index (χ1) is 10.7. The van der Waals surface area contributed by atoms with Gasteiger partial charge in [-0.2, -0.15) is 0 Å². The van der Waals surface area contributed by atoms with Gasteiger partial charge in [0.15, 0.2) is 0 Å². The molecule has 2 amide bonds. The lowest BCUT2D eigenvalue weighted by molar-refractivity contribution is 0.0119. The van der Waals surface area contributed by atoms with Crippen molar-refractivity contribution in [1.29, 1.82) is 0 Å². The number of piperazine rings is 1. The number of hydrogen-bond donors (Lipinski definition) is 2. The summed E-state index contributed by atoms with van der Waals surface area (Å²) in [5.74, 6) is 0. The summed E-state index contributed by atoms with van der Waals surface area (Å²) in [6, 6.07) is 2.11. The third-order valence-electron chi connectivity index (χ3n) is 3.96. The van der Waals surface area contributed by atoms with Crippen molar-refractivity contribution in [3.8, 4) is 0 Å². The summed E-state index contributed by atoms with van der Waals surface area (Å²) >= 11 is 0. The summed E-state index contributed by atoms with van der Waals surface area (Å²) in [5.41, 5.74) is 1.39. The Morgan fingerprint density at radius 1 is 1.43 bits per heavy atom. The zero-order valence-corrected chi connectivity index (χ0v) is 14.5. The second kappa shape index (κ2) is 7.27. The van der Waals surface area contributed by atoms with Gasteiger partial charge in [0.25, 0.3) is 0 Å². The van der Waals surface area contributed by atoms with Crippen molar-refractivity contribution in [2.45, 2.75) is 45.9 Å². The SMILES string of the molecule is Cc1cncc(CNC(=O)N2CCN(CC(C)(C)O)CC2C)c1. The predicted octanol–water partition coefficient (Wildman–Crippen LogP) is 1.38. The number of hydrogen-bond acceptors (Lipinski definition) is 4. The first kappa shape index (κ1) is 17.7. The van der Waals surface area contributed by atoms with E-state index in [1.54, 1.807) is 12.4 Å². The highest BCUT2D eigenvalue weighted by Crippen LogP contribution is 2.13. The lowest BCUT2D eigenvalue weighted by atomic mass is 10.1. The monoisotopic (exact) mass is 320 g/mol. The maximum atomic E-state index is 12.4. The minimum absolute atomic E-state index is 0.0399. The van der Waals surface area contributed by atoms with Crippen molar-refractivity contribution in [2.24, 2.45) is 0 Å². The normalized spacial score (nSPS) is 19.7. The van der Waals surface area contributed by atoms with Gasteiger partial charge in [-0.1, -0.05) is 6.07 Å². The quantitative estimate of drug-likeness (QED) is 0.879. The van der Waals surface area contributed by atoms with Gasteiger partial charge in [-0.3, -0.25) is 9.88 Å². The van der Waals surface area contributed by atoms with Gasteiger partial charge in [0.2, 0.25) is 0 Å². The Morgan fingerprint density at radius 3 is 2.78 bits per heavy atom. The molecule has 1 unspecified atom stereocenters. The Bertz CT molecular complexity index is 542. The van der Waals surface area contributed by atoms with Crippen molar-refractivity contribution in [3.05, 3.63) is 29.6 Å². The molecule has 0 aromatic carbocycles. The van der Waals surface area contributed by atoms with Crippen LogP contribution < -0.4 is 5.32 Å². The Labute approximate surface area is 138 Å². The Balaban J connectivity index is 1.84. The van der Waals surface area contributed by atoms with Crippen molar-refractivity contribution >= 4 is 6.03 Å². The van der Waals surface area contributed by atoms with E-state index in [9.17, 15) is 9.90 Å². The molecule has 2 rings (SSSR count). The summed E-state index contributed by atoms with van der Waals surface area (Å²) < 4.78 is 0. The van der Waals surface area contributed by atoms with E-state index in [1.807, 2.05) is 38.7 Å². The fourth-order valence-corrected chi connectivity index (χ4v) is 3.02. The summed E-state index contributed by atoms with van der Waals surface area (Å²) in [5, 5.41) is 12.9. The standard InChI is InChI=1S/C17H28N4O2/c1-13-7-15(9-18-8-13)10-19-16(22)21-6-5-20(11-14(21)2)12-17(3,4)23/h7-9,14,23H,5-6,10-12H2,1-4H3,(H,19,22). The lowest BCUT2D eigenvalue weighted by Gasteiger charge is -2.41. The largest absolute Gasteiger partial charge is 0.389 e. The minimum Gasteiger partial charge on any atom is -0.389 e. The molecule has 2 heterocycles. The van der Waals surface area contributed by atoms with Gasteiger partial charge in [-0.25, -0.2) is 4.79 Å². The fraction of sp³-hybridized carbons (Fsp3) is 0.647. The average Bonchev–Trinajstić information content (AvgIpc) is 2.43. The molecule has 1 aromatic rings. The molecule has 6 heteroatoms. The van der Waals surface area contributed by atoms with E-state index < -0.39 is 5.60 Å². The topological polar surface area (TPSA) is 68.7 Å². The summed E-state index contributed by atoms with van der Waals surface area (Å²) in [6.45, 7) is 11.0. The number of aromatic nitrogens is 1. The second-order valence-corrected chi connectivity index (χ2v) is 7.12. The maximum absolute atomic E-state index is 12.4. The number of carbonyl (C=O) groups is 1. The molecular weight excluding hydrogens is 292 g/mol. The van der Waals surface area contributed by atoms with Crippen LogP contribution in [0.5, 0.6) is 0 Å². The maximum Gasteiger partial charge on any atom is 0.317 e. The van der Waals surface area contributed by atoms with E-state index in [1.165, 1.54) is 0 Å². The molecule has 1 saturated heterocycles. The molecule has 0 saturated carbocycles. The number of nitrogens with one attached hydrogen (secondary N) is 1. The zero-order chi connectivity index (χ0) is 17.0. The van der Waals surface area contributed by atoms with Crippen LogP contribution in [0.25, 0.3) is 0 Å². The van der Waals surface area contributed by atoms with Gasteiger partial charge in [0.05, 0.1) is 5.60 Å². The van der Waals surface area contributed by atoms with Crippen molar-refractivity contribution in [1.82, 2.24) is 20.1 Å². The Kier molecular flexibility index (Phi) is 5.59. The third kappa shape index (κ3) is 5.48. The van der Waals surface area contributed by atoms with Crippen LogP contribution in [0.3, 0.4) is 0 Å². The van der Waals surface area contributed by atoms with Gasteiger partial charge in [-0.15, -0.1) is 0 Å². The molecule has 0 spiro atoms. The summed E-state index contributed by atoms with van der Waals surface area (Å²) in [7, 11) is 0. The summed E-state index contributed by atoms with van der Waals surface area (Å²) in [4.78, 5) is 20.6. The number of aliphatic hydroxyl groups is 1. The van der Waals surface area contributed by atoms with Gasteiger partial charge < -0.3 is 15.3 Å². The molecule has 0 aliphatic carbocycles. The van der Waals surface area contributed by atoms with Crippen LogP contribution in [-0.2, 0) is 6.54 Å². The van der Waals surface area contributed by atoms with E-state index in [-0.39, 0.29) is 12.1 Å². The van der Waals surface area contributed by atoms with E-state index in [0.29, 0.717) is 19.6 Å². The highest BCUT2D eigenvalue weighted by Gasteiger charge is 2.29. The molecule has 1 fully saturated rings. The van der Waals surface area contributed by atoms with Crippen LogP contribution in [0.15, 0.2) is 18.5 Å². The lowest BCUT2D eigenvalue weighted by Crippen LogP contribution is -2.58. The molecule has 6 nitrogen and oxygen atoms in total. The number of amides is 2. The molecule has 1 aliphatic rings. The van der Waals surface area contributed by atoms with Crippen molar-refractivity contribution in [3.63, 3.8) is 0 Å². The van der Waals surface area contributed by atoms with E-state index in [0.717, 1.165) is 24.2 Å². The smallest absolute Gasteiger partial charge is 0.317 e. The van der Waals surface area contributed by atoms with Crippen LogP contribution in [0, 0.1) is 6.92 Å². The first-order valence-corrected chi connectivity index (χ1v) is 8.14. The first-order valence-electron chi connectivity index (χ1n) is 8.14. The van der Waals surface area contributed by atoms with Gasteiger partial charge >= 0.3 is 6.03 Å². The summed E-state index contributed by atoms with van der Waals surface area (Å²) in [6.07, 6.45) is 3.58. The number of pyridine rings is 1. The second-order valence-electron chi connectivity index (χ2n) is 7.12. The number of urea groups is 1. The Hall–Kier alpha value is -1.66. The average molecular weight is 320 g/mol. The van der Waals surface area contributed by atoms with Crippen LogP contribution in [-0.4, -0.2) is 63.7 Å². The van der Waals surface area contributed by atoms with Crippen molar-refractivity contribution in [2.75, 3.05) is 26.2 Å². The number of β-amino-alcohol motifs (C(OH)–C–C–N with tert-alkyl or cyclic N) is 1. The van der Waals surface area contributed by atoms with E-state index in [4.69, 9.17) is 0 Å². The molecular formula is C17H28N4O2. The van der Waals surface area contributed by atoms with Gasteiger partial charge in [0.1, 0.15) is 0 Å². The van der Waals surface area contributed by atoms with Crippen LogP contribution in [0.4, 0.5) is 4.79 Å². The van der Waals surface area contributed by atoms with Crippen LogP contribution in [0.1, 0.15) is 31.9 Å². The molecule has 23 heavy (non-hydrogen) atoms. The highest BCUT2D eigenvalue weighted by atomic mass is 16.3. The number of nitrogens with zero attached hydrogens (tertiary/aromatic N) is 3. The van der Waals surface area contributed by atoms with Crippen LogP contribution >= 0.6 is 0 Å². The number of carbonyl (C=O) groups excluding carboxylic acids is 1. The molecule has 1 aliphatic heterocycles. The van der Waals surface area contributed by atoms with E-state index >= 15 is 0 Å². The fourth-order valence-electron chi connectivity index (χ4n) is 3.02. The molecule has 128 valence electrons. The molecule has 1 atom stereocenters. The Morgan fingerprint density at radius 2 is 2.17 bits per heavy atom. The molecule has 1 aromatic heterocycles. The zero-order valence-electron chi connectivity index (χ0n) is 14.5. The minimum atomic E-state index is -0.706.